The lowest BCUT2D eigenvalue weighted by Crippen LogP contribution is -2.50. The molecule has 0 bridgehead atoms. The Morgan fingerprint density at radius 1 is 1.12 bits per heavy atom. The number of benzene rings is 1. The van der Waals surface area contributed by atoms with Gasteiger partial charge in [0, 0.05) is 36.3 Å². The maximum absolute atomic E-state index is 13.2. The predicted octanol–water partition coefficient (Wildman–Crippen LogP) is 6.86. The fourth-order valence-corrected chi connectivity index (χ4v) is 7.74. The van der Waals surface area contributed by atoms with Crippen molar-refractivity contribution in [2.24, 2.45) is 17.3 Å². The van der Waals surface area contributed by atoms with Gasteiger partial charge in [0.2, 0.25) is 5.91 Å². The van der Waals surface area contributed by atoms with E-state index in [0.717, 1.165) is 61.8 Å². The molecule has 3 aliphatic carbocycles. The number of carbonyl (C=O) groups excluding carboxylic acids is 1. The molecule has 3 nitrogen and oxygen atoms in total. The van der Waals surface area contributed by atoms with E-state index in [4.69, 9.17) is 16.6 Å². The standard InChI is InChI=1S/C30H35ClN2O/c1-30-13-3-2-6-26(30)23(19-30)18-27(34)33-15-11-20(12-16-33)28-25-10-9-24(31)17-22(25)8-7-21-5-4-14-32-29(21)28/h4-5,9-10,14,17,23,26H,2-3,6-8,11-13,15-16,18-19H2,1H3/t23?,26-,30?/m1/s1. The van der Waals surface area contributed by atoms with Crippen LogP contribution in [0.5, 0.6) is 0 Å². The van der Waals surface area contributed by atoms with Gasteiger partial charge in [-0.05, 0) is 97.1 Å². The van der Waals surface area contributed by atoms with E-state index in [9.17, 15) is 4.79 Å². The monoisotopic (exact) mass is 474 g/mol. The van der Waals surface area contributed by atoms with Crippen molar-refractivity contribution >= 4 is 23.1 Å². The lowest BCUT2D eigenvalue weighted by Gasteiger charge is -2.56. The van der Waals surface area contributed by atoms with Crippen molar-refractivity contribution in [3.63, 3.8) is 0 Å². The first-order valence-corrected chi connectivity index (χ1v) is 13.6. The minimum Gasteiger partial charge on any atom is -0.342 e. The number of hydrogen-bond donors (Lipinski definition) is 0. The van der Waals surface area contributed by atoms with Crippen LogP contribution < -0.4 is 0 Å². The Morgan fingerprint density at radius 2 is 1.94 bits per heavy atom. The Hall–Kier alpha value is -2.13. The van der Waals surface area contributed by atoms with E-state index < -0.39 is 0 Å². The second-order valence-electron chi connectivity index (χ2n) is 11.3. The third kappa shape index (κ3) is 3.90. The summed E-state index contributed by atoms with van der Waals surface area (Å²) in [4.78, 5) is 20.2. The first kappa shape index (κ1) is 22.3. The molecule has 3 fully saturated rings. The van der Waals surface area contributed by atoms with Gasteiger partial charge in [0.15, 0.2) is 0 Å². The fraction of sp³-hybridized carbons (Fsp3) is 0.533. The zero-order chi connectivity index (χ0) is 23.3. The van der Waals surface area contributed by atoms with E-state index in [1.54, 1.807) is 0 Å². The molecule has 2 saturated carbocycles. The van der Waals surface area contributed by atoms with Crippen LogP contribution in [-0.2, 0) is 17.6 Å². The number of aromatic nitrogens is 1. The first-order valence-electron chi connectivity index (χ1n) is 13.2. The Morgan fingerprint density at radius 3 is 2.76 bits per heavy atom. The predicted molar refractivity (Wildman–Crippen MR) is 138 cm³/mol. The van der Waals surface area contributed by atoms with Gasteiger partial charge in [-0.15, -0.1) is 0 Å². The number of piperidine rings is 1. The molecule has 1 aromatic heterocycles. The molecule has 1 aliphatic heterocycles. The molecule has 4 aliphatic rings. The molecule has 34 heavy (non-hydrogen) atoms. The first-order chi connectivity index (χ1) is 16.5. The molecule has 4 heteroatoms. The van der Waals surface area contributed by atoms with Gasteiger partial charge >= 0.3 is 0 Å². The summed E-state index contributed by atoms with van der Waals surface area (Å²) in [6.45, 7) is 4.12. The van der Waals surface area contributed by atoms with Crippen molar-refractivity contribution < 1.29 is 4.79 Å². The second kappa shape index (κ2) is 8.82. The number of halogens is 1. The minimum atomic E-state index is 0.383. The van der Waals surface area contributed by atoms with Gasteiger partial charge in [-0.1, -0.05) is 49.1 Å². The van der Waals surface area contributed by atoms with Crippen LogP contribution in [0.1, 0.15) is 80.7 Å². The molecule has 2 heterocycles. The number of amides is 1. The summed E-state index contributed by atoms with van der Waals surface area (Å²) in [6, 6.07) is 10.6. The smallest absolute Gasteiger partial charge is 0.222 e. The highest BCUT2D eigenvalue weighted by molar-refractivity contribution is 6.30. The van der Waals surface area contributed by atoms with Crippen LogP contribution in [0.3, 0.4) is 0 Å². The third-order valence-electron chi connectivity index (χ3n) is 9.34. The number of fused-ring (bicyclic) bond motifs is 3. The molecule has 6 rings (SSSR count). The molecule has 1 saturated heterocycles. The van der Waals surface area contributed by atoms with E-state index in [1.165, 1.54) is 59.9 Å². The Kier molecular flexibility index (Phi) is 5.80. The lowest BCUT2D eigenvalue weighted by molar-refractivity contribution is -0.139. The molecule has 1 amide bonds. The number of carbonyl (C=O) groups is 1. The number of aryl methyl sites for hydroxylation is 2. The van der Waals surface area contributed by atoms with Crippen LogP contribution in [0.15, 0.2) is 42.1 Å². The average Bonchev–Trinajstić information content (AvgIpc) is 3.00. The molecular formula is C30H35ClN2O. The summed E-state index contributed by atoms with van der Waals surface area (Å²) in [5, 5.41) is 0.799. The normalized spacial score (nSPS) is 28.4. The van der Waals surface area contributed by atoms with Crippen LogP contribution in [-0.4, -0.2) is 28.9 Å². The highest BCUT2D eigenvalue weighted by atomic mass is 35.5. The molecule has 0 spiro atoms. The molecule has 178 valence electrons. The third-order valence-corrected chi connectivity index (χ3v) is 9.58. The summed E-state index contributed by atoms with van der Waals surface area (Å²) < 4.78 is 0. The summed E-state index contributed by atoms with van der Waals surface area (Å²) in [5.41, 5.74) is 8.30. The van der Waals surface area contributed by atoms with Crippen molar-refractivity contribution in [3.05, 3.63) is 69.5 Å². The van der Waals surface area contributed by atoms with Crippen molar-refractivity contribution in [1.29, 1.82) is 0 Å². The number of rotatable bonds is 2. The lowest BCUT2D eigenvalue weighted by atomic mass is 9.48. The molecule has 0 N–H and O–H groups in total. The van der Waals surface area contributed by atoms with Crippen LogP contribution in [0.4, 0.5) is 0 Å². The van der Waals surface area contributed by atoms with Crippen LogP contribution >= 0.6 is 11.6 Å². The highest BCUT2D eigenvalue weighted by Gasteiger charge is 2.51. The van der Waals surface area contributed by atoms with Gasteiger partial charge in [0.25, 0.3) is 0 Å². The Bertz CT molecular complexity index is 1140. The Labute approximate surface area is 208 Å². The van der Waals surface area contributed by atoms with E-state index in [0.29, 0.717) is 17.2 Å². The largest absolute Gasteiger partial charge is 0.342 e. The average molecular weight is 475 g/mol. The van der Waals surface area contributed by atoms with Gasteiger partial charge in [-0.3, -0.25) is 9.78 Å². The molecular weight excluding hydrogens is 440 g/mol. The van der Waals surface area contributed by atoms with E-state index in [2.05, 4.69) is 30.0 Å². The molecule has 2 aromatic rings. The molecule has 3 atom stereocenters. The number of hydrogen-bond acceptors (Lipinski definition) is 2. The second-order valence-corrected chi connectivity index (χ2v) is 11.8. The minimum absolute atomic E-state index is 0.383. The SMILES string of the molecule is CC12CCCC[C@@H]1C(CC(=O)N1CCC(=C3c4ccc(Cl)cc4CCc4cccnc43)CC1)C2. The van der Waals surface area contributed by atoms with E-state index >= 15 is 0 Å². The number of pyridine rings is 1. The van der Waals surface area contributed by atoms with Gasteiger partial charge < -0.3 is 4.90 Å². The van der Waals surface area contributed by atoms with Gasteiger partial charge in [0.05, 0.1) is 5.69 Å². The van der Waals surface area contributed by atoms with Crippen LogP contribution in [0.2, 0.25) is 5.02 Å². The number of likely N-dealkylation sites (tertiary alicyclic amines) is 1. The van der Waals surface area contributed by atoms with Crippen molar-refractivity contribution in [2.45, 2.75) is 71.1 Å². The summed E-state index contributed by atoms with van der Waals surface area (Å²) in [7, 11) is 0. The maximum Gasteiger partial charge on any atom is 0.222 e. The quantitative estimate of drug-likeness (QED) is 0.476. The van der Waals surface area contributed by atoms with Crippen molar-refractivity contribution in [2.75, 3.05) is 13.1 Å². The zero-order valence-corrected chi connectivity index (χ0v) is 21.0. The maximum atomic E-state index is 13.2. The molecule has 2 unspecified atom stereocenters. The topological polar surface area (TPSA) is 33.2 Å². The van der Waals surface area contributed by atoms with Crippen molar-refractivity contribution in [3.8, 4) is 0 Å². The van der Waals surface area contributed by atoms with Gasteiger partial charge in [0.1, 0.15) is 0 Å². The van der Waals surface area contributed by atoms with E-state index in [-0.39, 0.29) is 0 Å². The molecule has 0 radical (unpaired) electrons. The Balaban J connectivity index is 1.21. The highest BCUT2D eigenvalue weighted by Crippen LogP contribution is 2.59. The zero-order valence-electron chi connectivity index (χ0n) is 20.3. The summed E-state index contributed by atoms with van der Waals surface area (Å²) in [5.74, 6) is 1.78. The summed E-state index contributed by atoms with van der Waals surface area (Å²) >= 11 is 6.36. The van der Waals surface area contributed by atoms with Gasteiger partial charge in [-0.25, -0.2) is 0 Å². The van der Waals surface area contributed by atoms with Crippen LogP contribution in [0.25, 0.3) is 5.57 Å². The van der Waals surface area contributed by atoms with E-state index in [1.807, 2.05) is 18.3 Å². The van der Waals surface area contributed by atoms with Crippen molar-refractivity contribution in [1.82, 2.24) is 9.88 Å². The fourth-order valence-electron chi connectivity index (χ4n) is 7.54. The summed E-state index contributed by atoms with van der Waals surface area (Å²) in [6.07, 6.45) is 13.2. The van der Waals surface area contributed by atoms with Gasteiger partial charge in [-0.2, -0.15) is 0 Å². The van der Waals surface area contributed by atoms with Crippen LogP contribution in [0, 0.1) is 17.3 Å². The molecule has 1 aromatic carbocycles. The number of nitrogens with zero attached hydrogens (tertiary/aromatic N) is 2.